The topological polar surface area (TPSA) is 48.7 Å². The Bertz CT molecular complexity index is 805. The number of carbonyl (C=O) groups is 1. The lowest BCUT2D eigenvalue weighted by Gasteiger charge is -2.35. The van der Waals surface area contributed by atoms with Gasteiger partial charge in [0.25, 0.3) is 0 Å². The van der Waals surface area contributed by atoms with Crippen molar-refractivity contribution < 1.29 is 9.21 Å². The highest BCUT2D eigenvalue weighted by Crippen LogP contribution is 2.20. The second-order valence-electron chi connectivity index (χ2n) is 7.06. The van der Waals surface area contributed by atoms with Crippen LogP contribution in [0.5, 0.6) is 0 Å². The third-order valence-electron chi connectivity index (χ3n) is 5.08. The average Bonchev–Trinajstić information content (AvgIpc) is 3.43. The molecule has 1 aliphatic heterocycles. The van der Waals surface area contributed by atoms with Crippen molar-refractivity contribution in [2.24, 2.45) is 0 Å². The number of furan rings is 1. The minimum atomic E-state index is -0.0250. The van der Waals surface area contributed by atoms with Crippen LogP contribution in [-0.4, -0.2) is 30.1 Å². The standard InChI is InChI=1S/C22H25N3O2S/c26-22(23-18-10-12-24(13-11-18)19-6-2-1-3-7-19)25(16-20-8-4-14-27-20)17-21-9-5-15-28-21/h1-9,14-15,18H,10-13,16-17H2,(H,23,26). The van der Waals surface area contributed by atoms with Gasteiger partial charge in [0.05, 0.1) is 19.4 Å². The van der Waals surface area contributed by atoms with Gasteiger partial charge in [-0.15, -0.1) is 11.3 Å². The maximum Gasteiger partial charge on any atom is 0.318 e. The van der Waals surface area contributed by atoms with E-state index in [0.29, 0.717) is 13.1 Å². The van der Waals surface area contributed by atoms with Gasteiger partial charge < -0.3 is 19.5 Å². The van der Waals surface area contributed by atoms with E-state index in [9.17, 15) is 4.79 Å². The molecular weight excluding hydrogens is 370 g/mol. The summed E-state index contributed by atoms with van der Waals surface area (Å²) in [4.78, 5) is 18.4. The molecule has 0 spiro atoms. The quantitative estimate of drug-likeness (QED) is 0.657. The van der Waals surface area contributed by atoms with Gasteiger partial charge >= 0.3 is 6.03 Å². The van der Waals surface area contributed by atoms with Crippen LogP contribution in [0.3, 0.4) is 0 Å². The monoisotopic (exact) mass is 395 g/mol. The van der Waals surface area contributed by atoms with Crippen molar-refractivity contribution in [3.05, 3.63) is 76.9 Å². The number of urea groups is 1. The first kappa shape index (κ1) is 18.6. The maximum atomic E-state index is 13.0. The first-order valence-corrected chi connectivity index (χ1v) is 10.6. The van der Waals surface area contributed by atoms with E-state index < -0.39 is 0 Å². The minimum absolute atomic E-state index is 0.0250. The van der Waals surface area contributed by atoms with Gasteiger partial charge in [0, 0.05) is 29.7 Å². The van der Waals surface area contributed by atoms with Gasteiger partial charge in [-0.05, 0) is 48.6 Å². The molecule has 0 bridgehead atoms. The highest BCUT2D eigenvalue weighted by Gasteiger charge is 2.24. The molecule has 4 rings (SSSR count). The van der Waals surface area contributed by atoms with Crippen LogP contribution >= 0.6 is 11.3 Å². The number of benzene rings is 1. The zero-order valence-corrected chi connectivity index (χ0v) is 16.6. The fourth-order valence-corrected chi connectivity index (χ4v) is 4.29. The zero-order chi connectivity index (χ0) is 19.2. The van der Waals surface area contributed by atoms with Crippen LogP contribution in [0.4, 0.5) is 10.5 Å². The molecule has 1 fully saturated rings. The van der Waals surface area contributed by atoms with Gasteiger partial charge in [0.2, 0.25) is 0 Å². The fraction of sp³-hybridized carbons (Fsp3) is 0.318. The van der Waals surface area contributed by atoms with Crippen LogP contribution in [0, 0.1) is 0 Å². The third kappa shape index (κ3) is 4.75. The van der Waals surface area contributed by atoms with E-state index in [1.165, 1.54) is 10.6 Å². The number of thiophene rings is 1. The number of nitrogens with one attached hydrogen (secondary N) is 1. The van der Waals surface area contributed by atoms with Crippen LogP contribution in [0.2, 0.25) is 0 Å². The Morgan fingerprint density at radius 1 is 1.07 bits per heavy atom. The number of anilines is 1. The lowest BCUT2D eigenvalue weighted by Crippen LogP contribution is -2.48. The Hall–Kier alpha value is -2.73. The molecule has 146 valence electrons. The van der Waals surface area contributed by atoms with Crippen molar-refractivity contribution in [3.63, 3.8) is 0 Å². The normalized spacial score (nSPS) is 14.8. The van der Waals surface area contributed by atoms with E-state index in [0.717, 1.165) is 31.7 Å². The number of piperidine rings is 1. The molecule has 2 amide bonds. The number of hydrogen-bond donors (Lipinski definition) is 1. The maximum absolute atomic E-state index is 13.0. The van der Waals surface area contributed by atoms with Crippen LogP contribution in [0.1, 0.15) is 23.5 Å². The van der Waals surface area contributed by atoms with Gasteiger partial charge in [0.1, 0.15) is 5.76 Å². The number of carbonyl (C=O) groups excluding carboxylic acids is 1. The highest BCUT2D eigenvalue weighted by atomic mass is 32.1. The number of para-hydroxylation sites is 1. The highest BCUT2D eigenvalue weighted by molar-refractivity contribution is 7.09. The first-order chi connectivity index (χ1) is 13.8. The molecule has 0 radical (unpaired) electrons. The van der Waals surface area contributed by atoms with Gasteiger partial charge in [-0.1, -0.05) is 24.3 Å². The summed E-state index contributed by atoms with van der Waals surface area (Å²) in [5, 5.41) is 5.28. The largest absolute Gasteiger partial charge is 0.467 e. The van der Waals surface area contributed by atoms with Crippen molar-refractivity contribution >= 4 is 23.1 Å². The Balaban J connectivity index is 1.35. The summed E-state index contributed by atoms with van der Waals surface area (Å²) in [5.74, 6) is 0.797. The first-order valence-electron chi connectivity index (χ1n) is 9.68. The van der Waals surface area contributed by atoms with Crippen LogP contribution in [-0.2, 0) is 13.1 Å². The lowest BCUT2D eigenvalue weighted by atomic mass is 10.0. The van der Waals surface area contributed by atoms with Crippen molar-refractivity contribution in [3.8, 4) is 0 Å². The smallest absolute Gasteiger partial charge is 0.318 e. The number of nitrogens with zero attached hydrogens (tertiary/aromatic N) is 2. The molecule has 6 heteroatoms. The van der Waals surface area contributed by atoms with Crippen LogP contribution in [0.15, 0.2) is 70.7 Å². The summed E-state index contributed by atoms with van der Waals surface area (Å²) in [5.41, 5.74) is 1.25. The predicted octanol–water partition coefficient (Wildman–Crippen LogP) is 4.72. The molecule has 0 saturated carbocycles. The average molecular weight is 396 g/mol. The summed E-state index contributed by atoms with van der Waals surface area (Å²) in [6, 6.07) is 18.5. The lowest BCUT2D eigenvalue weighted by molar-refractivity contribution is 0.181. The number of rotatable bonds is 6. The van der Waals surface area contributed by atoms with E-state index in [1.54, 1.807) is 17.6 Å². The van der Waals surface area contributed by atoms with Crippen molar-refractivity contribution in [2.45, 2.75) is 32.0 Å². The number of amides is 2. The number of hydrogen-bond acceptors (Lipinski definition) is 4. The van der Waals surface area contributed by atoms with Crippen molar-refractivity contribution in [1.82, 2.24) is 10.2 Å². The van der Waals surface area contributed by atoms with Crippen LogP contribution < -0.4 is 10.2 Å². The van der Waals surface area contributed by atoms with Crippen LogP contribution in [0.25, 0.3) is 0 Å². The fourth-order valence-electron chi connectivity index (χ4n) is 3.57. The molecule has 2 aromatic heterocycles. The summed E-state index contributed by atoms with van der Waals surface area (Å²) in [6.07, 6.45) is 3.55. The van der Waals surface area contributed by atoms with E-state index in [-0.39, 0.29) is 12.1 Å². The second-order valence-corrected chi connectivity index (χ2v) is 8.09. The Morgan fingerprint density at radius 2 is 1.89 bits per heavy atom. The van der Waals surface area contributed by atoms with E-state index in [1.807, 2.05) is 34.5 Å². The molecule has 3 aromatic rings. The molecule has 1 saturated heterocycles. The predicted molar refractivity (Wildman–Crippen MR) is 112 cm³/mol. The van der Waals surface area contributed by atoms with E-state index >= 15 is 0 Å². The zero-order valence-electron chi connectivity index (χ0n) is 15.8. The van der Waals surface area contributed by atoms with Gasteiger partial charge in [0.15, 0.2) is 0 Å². The second kappa shape index (κ2) is 8.97. The molecule has 1 aromatic carbocycles. The molecule has 0 unspecified atom stereocenters. The SMILES string of the molecule is O=C(NC1CCN(c2ccccc2)CC1)N(Cc1ccco1)Cc1cccs1. The van der Waals surface area contributed by atoms with E-state index in [2.05, 4.69) is 40.5 Å². The van der Waals surface area contributed by atoms with Gasteiger partial charge in [-0.2, -0.15) is 0 Å². The van der Waals surface area contributed by atoms with E-state index in [4.69, 9.17) is 4.42 Å². The summed E-state index contributed by atoms with van der Waals surface area (Å²) >= 11 is 1.67. The van der Waals surface area contributed by atoms with Gasteiger partial charge in [-0.25, -0.2) is 4.79 Å². The molecule has 0 atom stereocenters. The summed E-state index contributed by atoms with van der Waals surface area (Å²) in [7, 11) is 0. The van der Waals surface area contributed by atoms with Gasteiger partial charge in [-0.3, -0.25) is 0 Å². The summed E-state index contributed by atoms with van der Waals surface area (Å²) < 4.78 is 5.46. The Labute approximate surface area is 169 Å². The molecule has 3 heterocycles. The Kier molecular flexibility index (Phi) is 5.97. The molecule has 1 N–H and O–H groups in total. The Morgan fingerprint density at radius 3 is 2.57 bits per heavy atom. The van der Waals surface area contributed by atoms with Crippen molar-refractivity contribution in [1.29, 1.82) is 0 Å². The van der Waals surface area contributed by atoms with Crippen molar-refractivity contribution in [2.75, 3.05) is 18.0 Å². The molecular formula is C22H25N3O2S. The molecule has 5 nitrogen and oxygen atoms in total. The summed E-state index contributed by atoms with van der Waals surface area (Å²) in [6.45, 7) is 2.97. The third-order valence-corrected chi connectivity index (χ3v) is 5.95. The molecule has 28 heavy (non-hydrogen) atoms. The molecule has 0 aliphatic carbocycles. The molecule has 1 aliphatic rings. The minimum Gasteiger partial charge on any atom is -0.467 e.